The van der Waals surface area contributed by atoms with Crippen molar-refractivity contribution in [3.63, 3.8) is 0 Å². The predicted octanol–water partition coefficient (Wildman–Crippen LogP) is -5.56. The zero-order chi connectivity index (χ0) is 29.7. The molecule has 1 amide bonds. The molecule has 3 aliphatic rings. The van der Waals surface area contributed by atoms with Gasteiger partial charge in [0.25, 0.3) is 0 Å². The van der Waals surface area contributed by atoms with Gasteiger partial charge >= 0.3 is 0 Å². The van der Waals surface area contributed by atoms with Gasteiger partial charge in [-0.15, -0.1) is 0 Å². The molecule has 5 rings (SSSR count). The number of rotatable bonds is 5. The maximum atomic E-state index is 14.2. The Balaban J connectivity index is 1.47. The lowest BCUT2D eigenvalue weighted by Crippen LogP contribution is -2.71. The van der Waals surface area contributed by atoms with Gasteiger partial charge in [-0.3, -0.25) is 4.79 Å². The van der Waals surface area contributed by atoms with Crippen LogP contribution in [-0.4, -0.2) is 140 Å². The van der Waals surface area contributed by atoms with E-state index in [1.54, 1.807) is 21.9 Å². The van der Waals surface area contributed by atoms with Crippen molar-refractivity contribution in [3.05, 3.63) is 29.6 Å². The van der Waals surface area contributed by atoms with Crippen LogP contribution in [0.5, 0.6) is 5.75 Å². The normalized spacial score (nSPS) is 22.3. The fraction of sp³-hybridized carbons (Fsp3) is 0.409. The maximum absolute atomic E-state index is 14.2. The van der Waals surface area contributed by atoms with Gasteiger partial charge in [0.1, 0.15) is 74.3 Å². The highest BCUT2D eigenvalue weighted by Gasteiger charge is 2.55. The third-order valence-corrected chi connectivity index (χ3v) is 8.27. The van der Waals surface area contributed by atoms with E-state index < -0.39 is 60.6 Å². The number of anilines is 2. The number of halogens is 1. The second-order valence-electron chi connectivity index (χ2n) is 10.7. The van der Waals surface area contributed by atoms with Gasteiger partial charge in [0.05, 0.1) is 42.8 Å². The summed E-state index contributed by atoms with van der Waals surface area (Å²) in [6, 6.07) is 5.19. The number of para-hydroxylation sites is 1. The van der Waals surface area contributed by atoms with E-state index in [-0.39, 0.29) is 25.0 Å². The van der Waals surface area contributed by atoms with Crippen LogP contribution in [-0.2, 0) is 4.79 Å². The van der Waals surface area contributed by atoms with E-state index in [1.165, 1.54) is 0 Å². The summed E-state index contributed by atoms with van der Waals surface area (Å²) in [6.45, 7) is 0.417. The zero-order valence-electron chi connectivity index (χ0n) is 21.5. The Hall–Kier alpha value is -1.82. The Morgan fingerprint density at radius 3 is 2.17 bits per heavy atom. The number of carbonyl (C=O) groups is 1. The molecule has 1 N–H and O–H groups in total. The van der Waals surface area contributed by atoms with Crippen molar-refractivity contribution in [1.82, 2.24) is 4.90 Å². The highest BCUT2D eigenvalue weighted by atomic mass is 19.1. The molecule has 0 spiro atoms. The molecule has 1 saturated heterocycles. The minimum absolute atomic E-state index is 0.196. The van der Waals surface area contributed by atoms with Crippen LogP contribution >= 0.6 is 0 Å². The summed E-state index contributed by atoms with van der Waals surface area (Å²) in [5, 5.41) is -6.12. The quantitative estimate of drug-likeness (QED) is 0.418. The highest BCUT2D eigenvalue weighted by molar-refractivity contribution is 6.62. The molecule has 0 saturated carbocycles. The van der Waals surface area contributed by atoms with Gasteiger partial charge in [-0.25, -0.2) is 4.39 Å². The van der Waals surface area contributed by atoms with Crippen molar-refractivity contribution in [2.75, 3.05) is 23.3 Å². The summed E-state index contributed by atoms with van der Waals surface area (Å²) in [6.07, 6.45) is 0.405. The molecule has 40 heavy (non-hydrogen) atoms. The monoisotopic (exact) mass is 501 g/mol. The number of ether oxygens (including phenoxy) is 1. The first kappa shape index (κ1) is 29.7. The van der Waals surface area contributed by atoms with E-state index in [0.29, 0.717) is 17.8 Å². The summed E-state index contributed by atoms with van der Waals surface area (Å²) < 4.78 is 19.8. The van der Waals surface area contributed by atoms with E-state index in [4.69, 9.17) is 98.9 Å². The van der Waals surface area contributed by atoms with Crippen molar-refractivity contribution in [2.24, 2.45) is 0 Å². The minimum atomic E-state index is -2.55. The molecule has 24 radical (unpaired) electrons. The van der Waals surface area contributed by atoms with Crippen LogP contribution in [0.2, 0.25) is 5.21 Å². The van der Waals surface area contributed by atoms with Gasteiger partial charge in [-0.1, -0.05) is 44.5 Å². The van der Waals surface area contributed by atoms with Crippen molar-refractivity contribution >= 4 is 133 Å². The van der Waals surface area contributed by atoms with E-state index in [2.05, 4.69) is 5.32 Å². The number of amides is 1. The molecule has 0 aliphatic carbocycles. The topological polar surface area (TPSA) is 44.8 Å². The van der Waals surface area contributed by atoms with Crippen LogP contribution < -0.4 is 36.8 Å². The first-order valence-electron chi connectivity index (χ1n) is 12.3. The maximum Gasteiger partial charge on any atom is 0.231 e. The lowest BCUT2D eigenvalue weighted by molar-refractivity contribution is -0.117. The van der Waals surface area contributed by atoms with E-state index in [9.17, 15) is 9.18 Å². The number of likely N-dealkylation sites (tertiary alicyclic amines) is 1. The summed E-state index contributed by atoms with van der Waals surface area (Å²) in [5.74, 6) is -2.29. The molecule has 3 aliphatic heterocycles. The Bertz CT molecular complexity index is 1390. The van der Waals surface area contributed by atoms with Crippen molar-refractivity contribution in [2.45, 2.75) is 39.7 Å². The molecule has 1 fully saturated rings. The van der Waals surface area contributed by atoms with E-state index >= 15 is 0 Å². The Morgan fingerprint density at radius 1 is 0.975 bits per heavy atom. The Labute approximate surface area is 249 Å². The van der Waals surface area contributed by atoms with Gasteiger partial charge in [-0.2, -0.15) is 0 Å². The van der Waals surface area contributed by atoms with Crippen LogP contribution in [0.25, 0.3) is 0 Å². The van der Waals surface area contributed by atoms with Gasteiger partial charge in [0.2, 0.25) is 5.91 Å². The number of benzene rings is 2. The third kappa shape index (κ3) is 3.97. The molecular weight excluding hydrogens is 487 g/mol. The fourth-order valence-electron chi connectivity index (χ4n) is 5.79. The van der Waals surface area contributed by atoms with Crippen molar-refractivity contribution < 1.29 is 13.9 Å². The summed E-state index contributed by atoms with van der Waals surface area (Å²) in [5.41, 5.74) is 0.205. The number of fused-ring (bicyclic) bond motifs is 3. The molecule has 170 valence electrons. The van der Waals surface area contributed by atoms with E-state index in [1.807, 2.05) is 6.07 Å². The number of nitrogens with one attached hydrogen (secondary N) is 1. The Kier molecular flexibility index (Phi) is 6.93. The van der Waals surface area contributed by atoms with Crippen LogP contribution in [0.4, 0.5) is 15.8 Å². The first-order chi connectivity index (χ1) is 18.4. The van der Waals surface area contributed by atoms with Crippen LogP contribution in [0.3, 0.4) is 0 Å². The molecule has 2 aromatic rings. The van der Waals surface area contributed by atoms with Crippen LogP contribution in [0.15, 0.2) is 18.2 Å². The van der Waals surface area contributed by atoms with Crippen LogP contribution in [0, 0.1) is 5.82 Å². The summed E-state index contributed by atoms with van der Waals surface area (Å²) in [4.78, 5) is 16.0. The molecule has 2 aromatic carbocycles. The third-order valence-electron chi connectivity index (χ3n) is 8.27. The average Bonchev–Trinajstić information content (AvgIpc) is 3.23. The molecule has 1 unspecified atom stereocenters. The smallest absolute Gasteiger partial charge is 0.231 e. The molecule has 18 heteroatoms. The molecule has 2 atom stereocenters. The van der Waals surface area contributed by atoms with Crippen LogP contribution in [0.1, 0.15) is 17.9 Å². The molecule has 5 nitrogen and oxygen atoms in total. The van der Waals surface area contributed by atoms with Crippen molar-refractivity contribution in [3.8, 4) is 5.75 Å². The van der Waals surface area contributed by atoms with E-state index in [0.717, 1.165) is 5.56 Å². The van der Waals surface area contributed by atoms with Gasteiger partial charge in [-0.05, 0) is 24.6 Å². The molecular formula is C22H12B12FN3O2. The second-order valence-corrected chi connectivity index (χ2v) is 10.7. The van der Waals surface area contributed by atoms with Gasteiger partial charge in [0, 0.05) is 29.2 Å². The Morgan fingerprint density at radius 2 is 1.57 bits per heavy atom. The summed E-state index contributed by atoms with van der Waals surface area (Å²) >= 11 is 0. The standard InChI is InChI=1S/C22H12B12FN3O2/c23-11-13(25)17(14(26)12(24)15(11)35)40-22(33,34)20(29,30)21(31,32)37-5-4-10-8(6-37)7-2-1-3-9-16(7)38(10)19(27,28)18(39)36-9/h1-3,8,10H,4-6H2,(H,36,39)/t8-,10?/m0/s1. The fourth-order valence-corrected chi connectivity index (χ4v) is 5.79. The lowest BCUT2D eigenvalue weighted by Gasteiger charge is -2.61. The molecule has 0 bridgehead atoms. The largest absolute Gasteiger partial charge is 0.509 e. The van der Waals surface area contributed by atoms with Gasteiger partial charge < -0.3 is 19.9 Å². The number of hydrogen-bond donors (Lipinski definition) is 1. The summed E-state index contributed by atoms with van der Waals surface area (Å²) in [7, 11) is 74.2. The number of piperidine rings is 1. The zero-order valence-corrected chi connectivity index (χ0v) is 21.5. The first-order valence-corrected chi connectivity index (χ1v) is 12.3. The average molecular weight is 499 g/mol. The molecule has 3 heterocycles. The lowest BCUT2D eigenvalue weighted by atomic mass is 9.23. The number of hydrogen-bond acceptors (Lipinski definition) is 4. The number of nitrogens with zero attached hydrogens (tertiary/aromatic N) is 2. The highest BCUT2D eigenvalue weighted by Crippen LogP contribution is 2.54. The molecule has 0 aromatic heterocycles. The van der Waals surface area contributed by atoms with Crippen molar-refractivity contribution in [1.29, 1.82) is 0 Å². The number of carbonyl (C=O) groups excluding carboxylic acids is 1. The minimum Gasteiger partial charge on any atom is -0.509 e. The van der Waals surface area contributed by atoms with Gasteiger partial charge in [0.15, 0.2) is 0 Å². The SMILES string of the molecule is [B]c1c([B])c(OC([B])([B])C([B])([B])C([B])([B])N2CCC3[C@@H](C2)c2cccc4c2N3C([B])([B])C(=O)N4)c([B])c([B])c1F. The second kappa shape index (κ2) is 9.34. The predicted molar refractivity (Wildman–Crippen MR) is 166 cm³/mol.